The predicted octanol–water partition coefficient (Wildman–Crippen LogP) is 0.289. The van der Waals surface area contributed by atoms with Crippen molar-refractivity contribution in [2.75, 3.05) is 6.61 Å². The molecule has 0 aromatic rings. The Hall–Kier alpha value is -0.240. The van der Waals surface area contributed by atoms with Crippen LogP contribution in [0.4, 0.5) is 0 Å². The van der Waals surface area contributed by atoms with E-state index in [1.807, 2.05) is 0 Å². The molecule has 0 amide bonds. The molecule has 1 fully saturated rings. The van der Waals surface area contributed by atoms with Gasteiger partial charge < -0.3 is 30.3 Å². The van der Waals surface area contributed by atoms with Crippen molar-refractivity contribution in [1.82, 2.24) is 0 Å². The molecular weight excluding hydrogens is 276 g/mol. The molecular formula is C15H30O6. The van der Waals surface area contributed by atoms with Crippen LogP contribution in [0.3, 0.4) is 0 Å². The molecule has 0 saturated carbocycles. The summed E-state index contributed by atoms with van der Waals surface area (Å²) in [5.41, 5.74) is 0. The average molecular weight is 307 g/mol. The van der Waals surface area contributed by atoms with Crippen LogP contribution in [-0.4, -0.2) is 62.3 Å². The minimum absolute atomic E-state index is 0.178. The largest absolute Gasteiger partial charge is 0.394 e. The fourth-order valence-corrected chi connectivity index (χ4v) is 2.59. The Morgan fingerprint density at radius 1 is 1.05 bits per heavy atom. The van der Waals surface area contributed by atoms with Gasteiger partial charge in [0.25, 0.3) is 0 Å². The normalized spacial score (nSPS) is 39.0. The number of aliphatic hydroxyl groups excluding tert-OH is 4. The lowest BCUT2D eigenvalue weighted by molar-refractivity contribution is -0.351. The highest BCUT2D eigenvalue weighted by Crippen LogP contribution is 2.32. The van der Waals surface area contributed by atoms with Crippen molar-refractivity contribution >= 4 is 0 Å². The zero-order chi connectivity index (χ0) is 16.8. The first-order valence-electron chi connectivity index (χ1n) is 8.41. The second kappa shape index (κ2) is 9.02. The van der Waals surface area contributed by atoms with E-state index in [1.165, 1.54) is 0 Å². The van der Waals surface area contributed by atoms with E-state index in [1.54, 1.807) is 0 Å². The zero-order valence-corrected chi connectivity index (χ0v) is 12.7. The summed E-state index contributed by atoms with van der Waals surface area (Å²) in [6, 6.07) is 0. The molecule has 0 bridgehead atoms. The molecule has 0 aliphatic carbocycles. The van der Waals surface area contributed by atoms with E-state index in [0.29, 0.717) is 6.42 Å². The predicted molar refractivity (Wildman–Crippen MR) is 77.5 cm³/mol. The van der Waals surface area contributed by atoms with E-state index >= 15 is 0 Å². The fraction of sp³-hybridized carbons (Fsp3) is 1.00. The molecule has 6 heteroatoms. The lowest BCUT2D eigenvalue weighted by atomic mass is 9.89. The van der Waals surface area contributed by atoms with Crippen molar-refractivity contribution in [2.45, 2.75) is 88.5 Å². The summed E-state index contributed by atoms with van der Waals surface area (Å²) in [6.07, 6.45) is -0.950. The lowest BCUT2D eigenvalue weighted by Gasteiger charge is -2.45. The number of ether oxygens (including phenoxy) is 1. The highest BCUT2D eigenvalue weighted by Gasteiger charge is 2.51. The van der Waals surface area contributed by atoms with Gasteiger partial charge >= 0.3 is 0 Å². The van der Waals surface area contributed by atoms with Crippen LogP contribution in [0.15, 0.2) is 0 Å². The van der Waals surface area contributed by atoms with Crippen molar-refractivity contribution in [2.24, 2.45) is 0 Å². The van der Waals surface area contributed by atoms with Crippen LogP contribution in [0.1, 0.15) is 59.6 Å². The van der Waals surface area contributed by atoms with Gasteiger partial charge in [-0.15, -0.1) is 0 Å². The molecule has 21 heavy (non-hydrogen) atoms. The molecule has 6 atom stereocenters. The SMILES string of the molecule is [2H]C(CCCCCCC)CC1(O)O[C@H](CO)[C@@H](O)[C@H](O)[C@H]1O. The van der Waals surface area contributed by atoms with E-state index in [4.69, 9.17) is 11.2 Å². The van der Waals surface area contributed by atoms with E-state index < -0.39 is 43.2 Å². The highest BCUT2D eigenvalue weighted by atomic mass is 16.7. The van der Waals surface area contributed by atoms with Gasteiger partial charge in [0.1, 0.15) is 24.4 Å². The highest BCUT2D eigenvalue weighted by molar-refractivity contribution is 4.95. The number of rotatable bonds is 9. The second-order valence-electron chi connectivity index (χ2n) is 5.81. The first-order valence-corrected chi connectivity index (χ1v) is 7.83. The molecule has 1 heterocycles. The monoisotopic (exact) mass is 307 g/mol. The first kappa shape index (κ1) is 17.1. The van der Waals surface area contributed by atoms with Gasteiger partial charge in [-0.3, -0.25) is 0 Å². The van der Waals surface area contributed by atoms with Crippen LogP contribution < -0.4 is 0 Å². The van der Waals surface area contributed by atoms with Gasteiger partial charge in [-0.2, -0.15) is 0 Å². The van der Waals surface area contributed by atoms with Crippen LogP contribution in [0.5, 0.6) is 0 Å². The summed E-state index contributed by atoms with van der Waals surface area (Å²) in [4.78, 5) is 0. The van der Waals surface area contributed by atoms with Gasteiger partial charge in [-0.25, -0.2) is 0 Å². The quantitative estimate of drug-likeness (QED) is 0.392. The van der Waals surface area contributed by atoms with E-state index in [-0.39, 0.29) is 6.42 Å². The number of unbranched alkanes of at least 4 members (excludes halogenated alkanes) is 4. The van der Waals surface area contributed by atoms with Gasteiger partial charge in [-0.05, 0) is 6.40 Å². The van der Waals surface area contributed by atoms with E-state index in [9.17, 15) is 20.4 Å². The standard InChI is InChI=1S/C15H30O6/c1-2-3-4-5-6-7-8-9-15(20)14(19)13(18)12(17)11(10-16)21-15/h11-14,16-20H,2-10H2,1H3/t11-,12-,13+,14-,15?/m1/s1/i8D/t8?,11-,12-,13+,14-,15?. The van der Waals surface area contributed by atoms with E-state index in [0.717, 1.165) is 32.1 Å². The Kier molecular flexibility index (Phi) is 7.36. The van der Waals surface area contributed by atoms with Crippen LogP contribution in [-0.2, 0) is 4.74 Å². The van der Waals surface area contributed by atoms with Crippen molar-refractivity contribution < 1.29 is 31.6 Å². The van der Waals surface area contributed by atoms with Crippen molar-refractivity contribution in [1.29, 1.82) is 0 Å². The summed E-state index contributed by atoms with van der Waals surface area (Å²) in [5, 5.41) is 48.8. The Bertz CT molecular complexity index is 316. The van der Waals surface area contributed by atoms with Gasteiger partial charge in [0, 0.05) is 7.79 Å². The number of hydrogen-bond acceptors (Lipinski definition) is 6. The molecule has 0 aromatic carbocycles. The maximum absolute atomic E-state index is 10.4. The molecule has 126 valence electrons. The Morgan fingerprint density at radius 3 is 2.29 bits per heavy atom. The van der Waals surface area contributed by atoms with Crippen molar-refractivity contribution in [3.63, 3.8) is 0 Å². The Labute approximate surface area is 127 Å². The lowest BCUT2D eigenvalue weighted by Crippen LogP contribution is -2.65. The van der Waals surface area contributed by atoms with Gasteiger partial charge in [0.15, 0.2) is 5.79 Å². The fourth-order valence-electron chi connectivity index (χ4n) is 2.59. The summed E-state index contributed by atoms with van der Waals surface area (Å²) >= 11 is 0. The molecule has 0 radical (unpaired) electrons. The topological polar surface area (TPSA) is 110 Å². The molecule has 1 aliphatic heterocycles. The molecule has 6 nitrogen and oxygen atoms in total. The maximum atomic E-state index is 10.4. The smallest absolute Gasteiger partial charge is 0.195 e. The van der Waals surface area contributed by atoms with Gasteiger partial charge in [-0.1, -0.05) is 45.4 Å². The summed E-state index contributed by atoms with van der Waals surface area (Å²) in [6.45, 7) is 1.54. The molecule has 1 saturated heterocycles. The zero-order valence-electron chi connectivity index (χ0n) is 13.7. The van der Waals surface area contributed by atoms with Crippen LogP contribution in [0, 0.1) is 0 Å². The van der Waals surface area contributed by atoms with E-state index in [2.05, 4.69) is 6.92 Å². The third kappa shape index (κ3) is 5.16. The third-order valence-electron chi connectivity index (χ3n) is 4.00. The van der Waals surface area contributed by atoms with Crippen molar-refractivity contribution in [3.8, 4) is 0 Å². The summed E-state index contributed by atoms with van der Waals surface area (Å²) in [7, 11) is 0. The first-order chi connectivity index (χ1) is 10.4. The van der Waals surface area contributed by atoms with Crippen LogP contribution >= 0.6 is 0 Å². The molecule has 2 unspecified atom stereocenters. The minimum atomic E-state index is -2.12. The van der Waals surface area contributed by atoms with Gasteiger partial charge in [0.2, 0.25) is 0 Å². The Balaban J connectivity index is 2.50. The van der Waals surface area contributed by atoms with Gasteiger partial charge in [0.05, 0.1) is 6.61 Å². The average Bonchev–Trinajstić information content (AvgIpc) is 2.49. The maximum Gasteiger partial charge on any atom is 0.195 e. The summed E-state index contributed by atoms with van der Waals surface area (Å²) in [5.74, 6) is -2.12. The third-order valence-corrected chi connectivity index (χ3v) is 4.00. The van der Waals surface area contributed by atoms with Crippen LogP contribution in [0.25, 0.3) is 0 Å². The van der Waals surface area contributed by atoms with Crippen LogP contribution in [0.2, 0.25) is 0 Å². The molecule has 1 aliphatic rings. The Morgan fingerprint density at radius 2 is 1.67 bits per heavy atom. The number of aliphatic hydroxyl groups is 5. The summed E-state index contributed by atoms with van der Waals surface area (Å²) < 4.78 is 13.1. The molecule has 0 aromatic heterocycles. The number of hydrogen-bond donors (Lipinski definition) is 5. The van der Waals surface area contributed by atoms with Crippen molar-refractivity contribution in [3.05, 3.63) is 0 Å². The molecule has 5 N–H and O–H groups in total. The minimum Gasteiger partial charge on any atom is -0.394 e. The molecule has 1 rings (SSSR count). The molecule has 0 spiro atoms. The second-order valence-corrected chi connectivity index (χ2v) is 5.81.